The first-order valence-corrected chi connectivity index (χ1v) is 10.3. The molecule has 0 aliphatic carbocycles. The van der Waals surface area contributed by atoms with E-state index in [-0.39, 0.29) is 17.1 Å². The van der Waals surface area contributed by atoms with E-state index >= 15 is 0 Å². The number of methoxy groups -OCH3 is 1. The molecule has 1 N–H and O–H groups in total. The number of carbonyl (C=O) groups excluding carboxylic acids is 1. The molecule has 0 aliphatic heterocycles. The quantitative estimate of drug-likeness (QED) is 0.324. The molecule has 4 nitrogen and oxygen atoms in total. The number of benzene rings is 3. The molecule has 0 atom stereocenters. The Morgan fingerprint density at radius 3 is 2.41 bits per heavy atom. The summed E-state index contributed by atoms with van der Waals surface area (Å²) in [4.78, 5) is 12.3. The Morgan fingerprint density at radius 1 is 1.03 bits per heavy atom. The molecule has 0 aliphatic rings. The molecule has 0 saturated heterocycles. The molecule has 0 unspecified atom stereocenters. The second-order valence-corrected chi connectivity index (χ2v) is 8.19. The fourth-order valence-electron chi connectivity index (χ4n) is 3.31. The summed E-state index contributed by atoms with van der Waals surface area (Å²) in [5, 5.41) is 10.1. The van der Waals surface area contributed by atoms with Gasteiger partial charge in [-0.15, -0.1) is 11.3 Å². The first kappa shape index (κ1) is 21.7. The van der Waals surface area contributed by atoms with Crippen molar-refractivity contribution in [2.24, 2.45) is 0 Å². The van der Waals surface area contributed by atoms with Gasteiger partial charge in [-0.25, -0.2) is 18.0 Å². The maximum Gasteiger partial charge on any atom is 0.337 e. The van der Waals surface area contributed by atoms with E-state index in [2.05, 4.69) is 0 Å². The molecule has 0 radical (unpaired) electrons. The van der Waals surface area contributed by atoms with Crippen LogP contribution in [0.3, 0.4) is 0 Å². The molecule has 1 aromatic heterocycles. The van der Waals surface area contributed by atoms with Crippen molar-refractivity contribution in [1.82, 2.24) is 0 Å². The fraction of sp³-hybridized carbons (Fsp3) is 0.125. The van der Waals surface area contributed by atoms with Crippen LogP contribution in [0.25, 0.3) is 20.5 Å². The highest BCUT2D eigenvalue weighted by Gasteiger charge is 2.31. The Labute approximate surface area is 185 Å². The first-order chi connectivity index (χ1) is 15.2. The van der Waals surface area contributed by atoms with Crippen LogP contribution in [0.2, 0.25) is 0 Å². The normalized spacial score (nSPS) is 11.5. The third-order valence-corrected chi connectivity index (χ3v) is 5.99. The Hall–Kier alpha value is -3.52. The largest absolute Gasteiger partial charge is 0.508 e. The number of alkyl halides is 2. The van der Waals surface area contributed by atoms with E-state index in [1.54, 1.807) is 18.2 Å². The van der Waals surface area contributed by atoms with Crippen molar-refractivity contribution in [3.63, 3.8) is 0 Å². The number of carbonyl (C=O) groups is 1. The van der Waals surface area contributed by atoms with Gasteiger partial charge < -0.3 is 14.6 Å². The summed E-state index contributed by atoms with van der Waals surface area (Å²) in [6, 6.07) is 13.9. The molecule has 164 valence electrons. The number of thiophene rings is 1. The van der Waals surface area contributed by atoms with Crippen LogP contribution in [-0.2, 0) is 10.7 Å². The number of rotatable bonds is 5. The summed E-state index contributed by atoms with van der Waals surface area (Å²) in [6.45, 7) is 0.703. The average Bonchev–Trinajstić information content (AvgIpc) is 3.11. The lowest BCUT2D eigenvalue weighted by Gasteiger charge is -2.16. The molecule has 4 rings (SSSR count). The van der Waals surface area contributed by atoms with Crippen LogP contribution in [0, 0.1) is 5.82 Å². The van der Waals surface area contributed by atoms with E-state index in [0.717, 1.165) is 23.5 Å². The highest BCUT2D eigenvalue weighted by molar-refractivity contribution is 7.22. The van der Waals surface area contributed by atoms with Crippen LogP contribution in [-0.4, -0.2) is 18.2 Å². The summed E-state index contributed by atoms with van der Waals surface area (Å²) in [6.07, 6.45) is 0. The van der Waals surface area contributed by atoms with Gasteiger partial charge in [0, 0.05) is 28.1 Å². The highest BCUT2D eigenvalue weighted by atomic mass is 32.1. The van der Waals surface area contributed by atoms with E-state index in [0.29, 0.717) is 33.2 Å². The molecule has 0 spiro atoms. The maximum absolute atomic E-state index is 14.4. The fourth-order valence-corrected chi connectivity index (χ4v) is 4.51. The zero-order valence-electron chi connectivity index (χ0n) is 17.0. The van der Waals surface area contributed by atoms with Crippen LogP contribution in [0.5, 0.6) is 17.2 Å². The summed E-state index contributed by atoms with van der Waals surface area (Å²) < 4.78 is 54.0. The van der Waals surface area contributed by atoms with Gasteiger partial charge in [-0.3, -0.25) is 0 Å². The number of aromatic hydroxyl groups is 1. The molecule has 0 bridgehead atoms. The number of hydrogen-bond acceptors (Lipinski definition) is 5. The second-order valence-electron chi connectivity index (χ2n) is 7.14. The number of phenolic OH excluding ortho intramolecular Hbond substituents is 1. The van der Waals surface area contributed by atoms with Gasteiger partial charge >= 0.3 is 5.97 Å². The summed E-state index contributed by atoms with van der Waals surface area (Å²) in [5.74, 6) is -3.93. The molecule has 0 amide bonds. The van der Waals surface area contributed by atoms with Gasteiger partial charge in [-0.2, -0.15) is 0 Å². The van der Waals surface area contributed by atoms with Crippen LogP contribution < -0.4 is 4.74 Å². The highest BCUT2D eigenvalue weighted by Crippen LogP contribution is 2.49. The van der Waals surface area contributed by atoms with E-state index in [4.69, 9.17) is 9.47 Å². The average molecular weight is 458 g/mol. The van der Waals surface area contributed by atoms with Gasteiger partial charge in [-0.1, -0.05) is 6.07 Å². The molecule has 3 aromatic carbocycles. The number of esters is 1. The third-order valence-electron chi connectivity index (χ3n) is 4.82. The minimum Gasteiger partial charge on any atom is -0.508 e. The number of fused-ring (bicyclic) bond motifs is 1. The van der Waals surface area contributed by atoms with E-state index in [1.807, 2.05) is 0 Å². The van der Waals surface area contributed by atoms with Gasteiger partial charge in [0.1, 0.15) is 17.3 Å². The lowest BCUT2D eigenvalue weighted by Crippen LogP contribution is -2.09. The standard InChI is InChI=1S/C24H17F3O4S/c1-24(26,27)19-12-14(25)4-10-17(19)22-21(31-16-7-5-15(28)6-8-16)18-9-3-13(23(29)30-2)11-20(18)32-22/h3-12,28H,1-2H3. The maximum atomic E-state index is 14.4. The third kappa shape index (κ3) is 4.13. The minimum absolute atomic E-state index is 0.0434. The summed E-state index contributed by atoms with van der Waals surface area (Å²) in [5.41, 5.74) is -0.0644. The Morgan fingerprint density at radius 2 is 1.75 bits per heavy atom. The number of halogens is 3. The van der Waals surface area contributed by atoms with Crippen molar-refractivity contribution in [3.8, 4) is 27.7 Å². The zero-order chi connectivity index (χ0) is 23.0. The van der Waals surface area contributed by atoms with Gasteiger partial charge in [0.25, 0.3) is 5.92 Å². The van der Waals surface area contributed by atoms with Crippen LogP contribution in [0.4, 0.5) is 13.2 Å². The van der Waals surface area contributed by atoms with E-state index < -0.39 is 23.3 Å². The lowest BCUT2D eigenvalue weighted by atomic mass is 10.00. The molecular formula is C24H17F3O4S. The van der Waals surface area contributed by atoms with Crippen molar-refractivity contribution in [2.75, 3.05) is 7.11 Å². The van der Waals surface area contributed by atoms with Crippen molar-refractivity contribution < 1.29 is 32.5 Å². The molecular weight excluding hydrogens is 441 g/mol. The van der Waals surface area contributed by atoms with Crippen molar-refractivity contribution in [1.29, 1.82) is 0 Å². The zero-order valence-corrected chi connectivity index (χ0v) is 17.8. The van der Waals surface area contributed by atoms with Crippen LogP contribution in [0.1, 0.15) is 22.8 Å². The smallest absolute Gasteiger partial charge is 0.337 e. The Bertz CT molecular complexity index is 1310. The SMILES string of the molecule is COC(=O)c1ccc2c(Oc3ccc(O)cc3)c(-c3ccc(F)cc3C(C)(F)F)sc2c1. The molecule has 32 heavy (non-hydrogen) atoms. The Balaban J connectivity index is 1.97. The minimum atomic E-state index is -3.30. The lowest BCUT2D eigenvalue weighted by molar-refractivity contribution is 0.0178. The predicted molar refractivity (Wildman–Crippen MR) is 116 cm³/mol. The summed E-state index contributed by atoms with van der Waals surface area (Å²) in [7, 11) is 1.26. The molecule has 0 saturated carbocycles. The molecule has 0 fully saturated rings. The first-order valence-electron chi connectivity index (χ1n) is 9.47. The van der Waals surface area contributed by atoms with Gasteiger partial charge in [0.2, 0.25) is 0 Å². The number of ether oxygens (including phenoxy) is 2. The topological polar surface area (TPSA) is 55.8 Å². The van der Waals surface area contributed by atoms with E-state index in [1.165, 1.54) is 37.4 Å². The molecule has 1 heterocycles. The van der Waals surface area contributed by atoms with Gasteiger partial charge in [-0.05, 0) is 54.6 Å². The molecule has 8 heteroatoms. The Kier molecular flexibility index (Phi) is 5.56. The van der Waals surface area contributed by atoms with Crippen molar-refractivity contribution in [2.45, 2.75) is 12.8 Å². The van der Waals surface area contributed by atoms with Crippen molar-refractivity contribution in [3.05, 3.63) is 77.6 Å². The summed E-state index contributed by atoms with van der Waals surface area (Å²) >= 11 is 1.14. The second kappa shape index (κ2) is 8.20. The van der Waals surface area contributed by atoms with E-state index in [9.17, 15) is 23.1 Å². The monoisotopic (exact) mass is 458 g/mol. The number of phenols is 1. The molecule has 4 aromatic rings. The van der Waals surface area contributed by atoms with Gasteiger partial charge in [0.15, 0.2) is 5.75 Å². The van der Waals surface area contributed by atoms with Crippen LogP contribution >= 0.6 is 11.3 Å². The van der Waals surface area contributed by atoms with Crippen LogP contribution in [0.15, 0.2) is 60.7 Å². The predicted octanol–water partition coefficient (Wildman–Crippen LogP) is 7.10. The van der Waals surface area contributed by atoms with Crippen molar-refractivity contribution >= 4 is 27.4 Å². The number of hydrogen-bond donors (Lipinski definition) is 1. The van der Waals surface area contributed by atoms with Gasteiger partial charge in [0.05, 0.1) is 17.6 Å².